The highest BCUT2D eigenvalue weighted by Crippen LogP contribution is 2.21. The lowest BCUT2D eigenvalue weighted by Crippen LogP contribution is -2.26. The van der Waals surface area contributed by atoms with E-state index in [1.807, 2.05) is 48.7 Å². The van der Waals surface area contributed by atoms with Crippen molar-refractivity contribution in [1.82, 2.24) is 15.0 Å². The lowest BCUT2D eigenvalue weighted by atomic mass is 10.1. The van der Waals surface area contributed by atoms with E-state index in [4.69, 9.17) is 4.74 Å². The number of ether oxygens (including phenoxy) is 1. The molecule has 28 heavy (non-hydrogen) atoms. The third-order valence-corrected chi connectivity index (χ3v) is 5.71. The van der Waals surface area contributed by atoms with Gasteiger partial charge < -0.3 is 15.0 Å². The predicted molar refractivity (Wildman–Crippen MR) is 108 cm³/mol. The average molecular weight is 403 g/mol. The summed E-state index contributed by atoms with van der Waals surface area (Å²) in [7, 11) is -1.93. The van der Waals surface area contributed by atoms with E-state index < -0.39 is 16.1 Å². The molecular weight excluding hydrogens is 380 g/mol. The van der Waals surface area contributed by atoms with E-state index in [-0.39, 0.29) is 12.4 Å². The van der Waals surface area contributed by atoms with Crippen molar-refractivity contribution >= 4 is 27.0 Å². The molecule has 0 unspecified atom stereocenters. The molecule has 0 spiro atoms. The Labute approximate surface area is 164 Å². The fraction of sp³-hybridized carbons (Fsp3) is 0.250. The summed E-state index contributed by atoms with van der Waals surface area (Å²) in [5, 5.41) is 3.68. The molecule has 3 rings (SSSR count). The van der Waals surface area contributed by atoms with Crippen molar-refractivity contribution in [2.75, 3.05) is 13.6 Å². The fourth-order valence-electron chi connectivity index (χ4n) is 2.89. The lowest BCUT2D eigenvalue weighted by molar-refractivity contribution is 0.140. The molecule has 0 radical (unpaired) electrons. The molecule has 1 amide bonds. The SMILES string of the molecule is CNS(=O)(=O)Cc1ccc2[nH][14cH]c(CCNC(=O)OCc3ccccc3)c2c1. The van der Waals surface area contributed by atoms with Crippen LogP contribution < -0.4 is 10.0 Å². The Morgan fingerprint density at radius 2 is 1.93 bits per heavy atom. The van der Waals surface area contributed by atoms with Crippen LogP contribution in [0.3, 0.4) is 0 Å². The van der Waals surface area contributed by atoms with Crippen molar-refractivity contribution in [3.05, 3.63) is 71.4 Å². The highest BCUT2D eigenvalue weighted by atomic mass is 32.2. The van der Waals surface area contributed by atoms with Gasteiger partial charge in [-0.25, -0.2) is 17.9 Å². The van der Waals surface area contributed by atoms with E-state index >= 15 is 0 Å². The molecule has 3 aromatic rings. The van der Waals surface area contributed by atoms with Gasteiger partial charge in [0.1, 0.15) is 6.61 Å². The predicted octanol–water partition coefficient (Wildman–Crippen LogP) is 2.69. The van der Waals surface area contributed by atoms with Crippen LogP contribution in [0.25, 0.3) is 10.9 Å². The van der Waals surface area contributed by atoms with Gasteiger partial charge in [0, 0.05) is 23.6 Å². The summed E-state index contributed by atoms with van der Waals surface area (Å²) in [5.74, 6) is -0.0753. The number of hydrogen-bond acceptors (Lipinski definition) is 4. The van der Waals surface area contributed by atoms with E-state index in [9.17, 15) is 13.2 Å². The Bertz CT molecular complexity index is 1050. The first-order valence-electron chi connectivity index (χ1n) is 8.91. The normalized spacial score (nSPS) is 11.5. The molecule has 8 heteroatoms. The molecule has 0 aliphatic rings. The van der Waals surface area contributed by atoms with E-state index in [1.54, 1.807) is 6.07 Å². The van der Waals surface area contributed by atoms with Crippen LogP contribution in [0.15, 0.2) is 54.7 Å². The number of carbonyl (C=O) groups excluding carboxylic acids is 1. The number of sulfonamides is 1. The molecule has 0 saturated carbocycles. The molecule has 148 valence electrons. The smallest absolute Gasteiger partial charge is 0.407 e. The van der Waals surface area contributed by atoms with Crippen molar-refractivity contribution in [2.24, 2.45) is 0 Å². The maximum atomic E-state index is 11.8. The van der Waals surface area contributed by atoms with Gasteiger partial charge in [0.2, 0.25) is 10.0 Å². The molecule has 0 saturated heterocycles. The molecule has 0 fully saturated rings. The number of aromatic nitrogens is 1. The van der Waals surface area contributed by atoms with Gasteiger partial charge in [-0.15, -0.1) is 0 Å². The van der Waals surface area contributed by atoms with Crippen LogP contribution >= 0.6 is 0 Å². The van der Waals surface area contributed by atoms with Crippen LogP contribution in [0.4, 0.5) is 4.79 Å². The Morgan fingerprint density at radius 1 is 1.14 bits per heavy atom. The molecule has 1 aromatic heterocycles. The van der Waals surface area contributed by atoms with Crippen LogP contribution in [0.5, 0.6) is 0 Å². The topological polar surface area (TPSA) is 100 Å². The van der Waals surface area contributed by atoms with Crippen molar-refractivity contribution in [2.45, 2.75) is 18.8 Å². The maximum absolute atomic E-state index is 11.8. The maximum Gasteiger partial charge on any atom is 0.407 e. The zero-order chi connectivity index (χ0) is 20.0. The van der Waals surface area contributed by atoms with E-state index in [1.165, 1.54) is 7.05 Å². The van der Waals surface area contributed by atoms with Crippen molar-refractivity contribution in [3.8, 4) is 0 Å². The Balaban J connectivity index is 1.56. The third-order valence-electron chi connectivity index (χ3n) is 4.38. The van der Waals surface area contributed by atoms with Gasteiger partial charge in [0.05, 0.1) is 5.75 Å². The number of hydrogen-bond donors (Lipinski definition) is 3. The average Bonchev–Trinajstić information content (AvgIpc) is 3.09. The lowest BCUT2D eigenvalue weighted by Gasteiger charge is -2.07. The molecule has 3 N–H and O–H groups in total. The summed E-state index contributed by atoms with van der Waals surface area (Å²) >= 11 is 0. The van der Waals surface area contributed by atoms with Crippen LogP contribution in [-0.4, -0.2) is 33.1 Å². The number of rotatable bonds is 8. The molecule has 2 aromatic carbocycles. The van der Waals surface area contributed by atoms with Crippen molar-refractivity contribution < 1.29 is 17.9 Å². The van der Waals surface area contributed by atoms with Gasteiger partial charge >= 0.3 is 6.09 Å². The number of fused-ring (bicyclic) bond motifs is 1. The van der Waals surface area contributed by atoms with Crippen LogP contribution in [0.1, 0.15) is 16.7 Å². The van der Waals surface area contributed by atoms with Gasteiger partial charge in [0.15, 0.2) is 0 Å². The number of alkyl carbamates (subject to hydrolysis) is 1. The van der Waals surface area contributed by atoms with Crippen molar-refractivity contribution in [3.63, 3.8) is 0 Å². The van der Waals surface area contributed by atoms with Gasteiger partial charge in [-0.05, 0) is 42.3 Å². The third kappa shape index (κ3) is 5.34. The summed E-state index contributed by atoms with van der Waals surface area (Å²) in [6, 6.07) is 15.0. The van der Waals surface area contributed by atoms with Gasteiger partial charge in [0.25, 0.3) is 0 Å². The van der Waals surface area contributed by atoms with Crippen LogP contribution in [0, 0.1) is 0 Å². The van der Waals surface area contributed by atoms with Crippen LogP contribution in [0.2, 0.25) is 0 Å². The first-order chi connectivity index (χ1) is 13.5. The van der Waals surface area contributed by atoms with Crippen molar-refractivity contribution in [1.29, 1.82) is 0 Å². The first kappa shape index (κ1) is 19.9. The molecule has 0 aliphatic carbocycles. The summed E-state index contributed by atoms with van der Waals surface area (Å²) < 4.78 is 31.0. The number of H-pyrrole nitrogens is 1. The second kappa shape index (κ2) is 8.90. The minimum absolute atomic E-state index is 0.0753. The summed E-state index contributed by atoms with van der Waals surface area (Å²) in [5.41, 5.74) is 3.56. The minimum atomic E-state index is -3.33. The Kier molecular flexibility index (Phi) is 6.33. The first-order valence-corrected chi connectivity index (χ1v) is 10.6. The van der Waals surface area contributed by atoms with E-state index in [0.717, 1.165) is 22.0 Å². The highest BCUT2D eigenvalue weighted by Gasteiger charge is 2.11. The largest absolute Gasteiger partial charge is 0.445 e. The molecule has 1 heterocycles. The number of nitrogens with one attached hydrogen (secondary N) is 3. The molecule has 0 bridgehead atoms. The molecule has 7 nitrogen and oxygen atoms in total. The number of benzene rings is 2. The molecular formula is C20H23N3O4S. The molecule has 0 aliphatic heterocycles. The van der Waals surface area contributed by atoms with E-state index in [0.29, 0.717) is 18.5 Å². The summed E-state index contributed by atoms with van der Waals surface area (Å²) in [6.45, 7) is 0.642. The minimum Gasteiger partial charge on any atom is -0.445 e. The molecule has 0 atom stereocenters. The number of amides is 1. The van der Waals surface area contributed by atoms with Crippen LogP contribution in [-0.2, 0) is 33.5 Å². The van der Waals surface area contributed by atoms with Gasteiger partial charge in [-0.3, -0.25) is 0 Å². The highest BCUT2D eigenvalue weighted by molar-refractivity contribution is 7.88. The zero-order valence-electron chi connectivity index (χ0n) is 15.6. The van der Waals surface area contributed by atoms with E-state index in [2.05, 4.69) is 15.0 Å². The van der Waals surface area contributed by atoms with Gasteiger partial charge in [-0.2, -0.15) is 0 Å². The number of aromatic amines is 1. The second-order valence-electron chi connectivity index (χ2n) is 6.40. The summed E-state index contributed by atoms with van der Waals surface area (Å²) in [6.07, 6.45) is 2.00. The summed E-state index contributed by atoms with van der Waals surface area (Å²) in [4.78, 5) is 15.0. The monoisotopic (exact) mass is 403 g/mol. The number of carbonyl (C=O) groups is 1. The quantitative estimate of drug-likeness (QED) is 0.538. The fourth-order valence-corrected chi connectivity index (χ4v) is 3.65. The van der Waals surface area contributed by atoms with Gasteiger partial charge in [-0.1, -0.05) is 36.4 Å². The standard InChI is InChI=1S/C20H23N3O4S/c1-21-28(25,26)14-16-7-8-19-18(11-16)17(12-23-19)9-10-22-20(24)27-13-15-5-3-2-4-6-15/h2-8,11-12,21,23H,9-10,13-14H2,1H3,(H,22,24)/i12+2. The second-order valence-corrected chi connectivity index (χ2v) is 8.32. The zero-order valence-corrected chi connectivity index (χ0v) is 16.4. The Morgan fingerprint density at radius 3 is 2.68 bits per heavy atom. The Hall–Kier alpha value is -2.84.